The minimum atomic E-state index is 0.0125. The molecule has 0 radical (unpaired) electrons. The molecule has 1 saturated heterocycles. The third kappa shape index (κ3) is 1.44. The normalized spacial score (nSPS) is 17.9. The summed E-state index contributed by atoms with van der Waals surface area (Å²) in [5, 5.41) is 3.15. The number of hydrogen-bond donors (Lipinski definition) is 1. The van der Waals surface area contributed by atoms with Crippen LogP contribution >= 0.6 is 12.2 Å². The summed E-state index contributed by atoms with van der Waals surface area (Å²) in [6.45, 7) is 3.37. The van der Waals surface area contributed by atoms with Crippen molar-refractivity contribution in [2.45, 2.75) is 13.3 Å². The van der Waals surface area contributed by atoms with E-state index in [2.05, 4.69) is 12.2 Å². The van der Waals surface area contributed by atoms with Crippen LogP contribution in [0.15, 0.2) is 0 Å². The molecule has 3 nitrogen and oxygen atoms in total. The van der Waals surface area contributed by atoms with Crippen LogP contribution in [0.4, 0.5) is 0 Å². The summed E-state index contributed by atoms with van der Waals surface area (Å²) in [5.74, 6) is 0.0125. The standard InChI is InChI=1S/C6H10N2OS/c1-2-3-8-4-5(9)7-6(8)10/h2-4H2,1H3,(H,7,9,10). The number of rotatable bonds is 2. The number of nitrogens with one attached hydrogen (secondary N) is 1. The molecule has 1 aliphatic rings. The maximum Gasteiger partial charge on any atom is 0.245 e. The molecule has 0 bridgehead atoms. The first-order valence-electron chi connectivity index (χ1n) is 3.32. The minimum Gasteiger partial charge on any atom is -0.340 e. The van der Waals surface area contributed by atoms with Gasteiger partial charge in [-0.25, -0.2) is 0 Å². The maximum atomic E-state index is 10.7. The highest BCUT2D eigenvalue weighted by atomic mass is 32.1. The van der Waals surface area contributed by atoms with Gasteiger partial charge in [0.15, 0.2) is 5.11 Å². The van der Waals surface area contributed by atoms with Crippen LogP contribution in [0.2, 0.25) is 0 Å². The Hall–Kier alpha value is -0.640. The molecule has 0 aromatic carbocycles. The summed E-state index contributed by atoms with van der Waals surface area (Å²) >= 11 is 4.88. The quantitative estimate of drug-likeness (QED) is 0.579. The highest BCUT2D eigenvalue weighted by Crippen LogP contribution is 1.98. The Morgan fingerprint density at radius 3 is 2.90 bits per heavy atom. The van der Waals surface area contributed by atoms with Gasteiger partial charge in [0.05, 0.1) is 6.54 Å². The summed E-state index contributed by atoms with van der Waals surface area (Å²) in [4.78, 5) is 12.6. The second kappa shape index (κ2) is 2.96. The van der Waals surface area contributed by atoms with E-state index in [1.54, 1.807) is 0 Å². The molecule has 56 valence electrons. The maximum absolute atomic E-state index is 10.7. The zero-order chi connectivity index (χ0) is 7.56. The Morgan fingerprint density at radius 1 is 1.80 bits per heavy atom. The van der Waals surface area contributed by atoms with Gasteiger partial charge in [0.1, 0.15) is 0 Å². The fourth-order valence-corrected chi connectivity index (χ4v) is 1.20. The number of amides is 1. The summed E-state index contributed by atoms with van der Waals surface area (Å²) < 4.78 is 0. The molecule has 0 aliphatic carbocycles. The molecule has 1 heterocycles. The molecule has 0 spiro atoms. The van der Waals surface area contributed by atoms with Crippen LogP contribution in [0.1, 0.15) is 13.3 Å². The van der Waals surface area contributed by atoms with Crippen LogP contribution in [0.5, 0.6) is 0 Å². The highest BCUT2D eigenvalue weighted by Gasteiger charge is 2.21. The van der Waals surface area contributed by atoms with E-state index in [-0.39, 0.29) is 5.91 Å². The second-order valence-corrected chi connectivity index (χ2v) is 2.66. The molecule has 0 unspecified atom stereocenters. The lowest BCUT2D eigenvalue weighted by Gasteiger charge is -2.12. The summed E-state index contributed by atoms with van der Waals surface area (Å²) in [6, 6.07) is 0. The lowest BCUT2D eigenvalue weighted by molar-refractivity contribution is -0.118. The highest BCUT2D eigenvalue weighted by molar-refractivity contribution is 7.80. The lowest BCUT2D eigenvalue weighted by Crippen LogP contribution is -2.28. The molecule has 0 saturated carbocycles. The largest absolute Gasteiger partial charge is 0.340 e. The number of carbonyl (C=O) groups excluding carboxylic acids is 1. The minimum absolute atomic E-state index is 0.0125. The van der Waals surface area contributed by atoms with Gasteiger partial charge in [-0.15, -0.1) is 0 Å². The first-order valence-corrected chi connectivity index (χ1v) is 3.73. The fourth-order valence-electron chi connectivity index (χ4n) is 0.934. The molecule has 1 aliphatic heterocycles. The molecule has 4 heteroatoms. The van der Waals surface area contributed by atoms with Gasteiger partial charge in [-0.2, -0.15) is 0 Å². The van der Waals surface area contributed by atoms with Crippen LogP contribution in [0, 0.1) is 0 Å². The van der Waals surface area contributed by atoms with Gasteiger partial charge in [-0.3, -0.25) is 4.79 Å². The summed E-state index contributed by atoms with van der Waals surface area (Å²) in [7, 11) is 0. The van der Waals surface area contributed by atoms with Crippen molar-refractivity contribution in [1.29, 1.82) is 0 Å². The Morgan fingerprint density at radius 2 is 2.50 bits per heavy atom. The van der Waals surface area contributed by atoms with E-state index < -0.39 is 0 Å². The molecule has 0 aromatic rings. The van der Waals surface area contributed by atoms with E-state index in [9.17, 15) is 4.79 Å². The molecule has 1 amide bonds. The van der Waals surface area contributed by atoms with Crippen LogP contribution in [-0.4, -0.2) is 29.0 Å². The third-order valence-corrected chi connectivity index (χ3v) is 1.72. The summed E-state index contributed by atoms with van der Waals surface area (Å²) in [5.41, 5.74) is 0. The Kier molecular flexibility index (Phi) is 2.21. The van der Waals surface area contributed by atoms with Crippen molar-refractivity contribution in [2.75, 3.05) is 13.1 Å². The Balaban J connectivity index is 2.46. The van der Waals surface area contributed by atoms with Gasteiger partial charge in [0.25, 0.3) is 0 Å². The monoisotopic (exact) mass is 158 g/mol. The number of nitrogens with zero attached hydrogens (tertiary/aromatic N) is 1. The van der Waals surface area contributed by atoms with E-state index >= 15 is 0 Å². The van der Waals surface area contributed by atoms with Crippen LogP contribution in [0.25, 0.3) is 0 Å². The van der Waals surface area contributed by atoms with Crippen LogP contribution in [-0.2, 0) is 4.79 Å². The SMILES string of the molecule is CCCN1CC(=O)NC1=S. The predicted octanol–water partition coefficient (Wildman–Crippen LogP) is 0.113. The number of hydrogen-bond acceptors (Lipinski definition) is 2. The molecule has 1 fully saturated rings. The second-order valence-electron chi connectivity index (χ2n) is 2.27. The average molecular weight is 158 g/mol. The first kappa shape index (κ1) is 7.47. The molecular weight excluding hydrogens is 148 g/mol. The molecule has 1 N–H and O–H groups in total. The fraction of sp³-hybridized carbons (Fsp3) is 0.667. The van der Waals surface area contributed by atoms with E-state index in [1.165, 1.54) is 0 Å². The molecule has 0 aromatic heterocycles. The van der Waals surface area contributed by atoms with Crippen molar-refractivity contribution in [3.63, 3.8) is 0 Å². The molecular formula is C6H10N2OS. The zero-order valence-corrected chi connectivity index (χ0v) is 6.70. The van der Waals surface area contributed by atoms with Gasteiger partial charge < -0.3 is 10.2 Å². The van der Waals surface area contributed by atoms with Crippen molar-refractivity contribution in [3.8, 4) is 0 Å². The van der Waals surface area contributed by atoms with Crippen molar-refractivity contribution in [3.05, 3.63) is 0 Å². The van der Waals surface area contributed by atoms with Gasteiger partial charge in [-0.05, 0) is 18.6 Å². The Bertz CT molecular complexity index is 169. The zero-order valence-electron chi connectivity index (χ0n) is 5.89. The van der Waals surface area contributed by atoms with Gasteiger partial charge >= 0.3 is 0 Å². The molecule has 1 rings (SSSR count). The van der Waals surface area contributed by atoms with Crippen LogP contribution < -0.4 is 5.32 Å². The third-order valence-electron chi connectivity index (χ3n) is 1.36. The van der Waals surface area contributed by atoms with Crippen LogP contribution in [0.3, 0.4) is 0 Å². The van der Waals surface area contributed by atoms with Gasteiger partial charge in [0, 0.05) is 6.54 Å². The van der Waals surface area contributed by atoms with E-state index in [4.69, 9.17) is 12.2 Å². The predicted molar refractivity (Wildman–Crippen MR) is 42.6 cm³/mol. The van der Waals surface area contributed by atoms with Gasteiger partial charge in [-0.1, -0.05) is 6.92 Å². The van der Waals surface area contributed by atoms with E-state index in [1.807, 2.05) is 4.90 Å². The van der Waals surface area contributed by atoms with Crippen molar-refractivity contribution < 1.29 is 4.79 Å². The molecule has 0 atom stereocenters. The smallest absolute Gasteiger partial charge is 0.245 e. The van der Waals surface area contributed by atoms with Gasteiger partial charge in [0.2, 0.25) is 5.91 Å². The average Bonchev–Trinajstić information content (AvgIpc) is 2.13. The van der Waals surface area contributed by atoms with E-state index in [0.29, 0.717) is 11.7 Å². The Labute approximate surface area is 65.4 Å². The molecule has 10 heavy (non-hydrogen) atoms. The first-order chi connectivity index (χ1) is 4.74. The number of thiocarbonyl (C=S) groups is 1. The van der Waals surface area contributed by atoms with Crippen molar-refractivity contribution in [2.24, 2.45) is 0 Å². The topological polar surface area (TPSA) is 32.3 Å². The van der Waals surface area contributed by atoms with Crippen molar-refractivity contribution in [1.82, 2.24) is 10.2 Å². The van der Waals surface area contributed by atoms with Crippen molar-refractivity contribution >= 4 is 23.2 Å². The number of carbonyl (C=O) groups is 1. The lowest BCUT2D eigenvalue weighted by atomic mass is 10.4. The summed E-state index contributed by atoms with van der Waals surface area (Å²) in [6.07, 6.45) is 1.02. The van der Waals surface area contributed by atoms with E-state index in [0.717, 1.165) is 13.0 Å².